The van der Waals surface area contributed by atoms with E-state index in [4.69, 9.17) is 4.74 Å². The van der Waals surface area contributed by atoms with E-state index in [0.717, 1.165) is 29.7 Å². The van der Waals surface area contributed by atoms with Crippen molar-refractivity contribution in [2.75, 3.05) is 31.6 Å². The van der Waals surface area contributed by atoms with Gasteiger partial charge in [0.05, 0.1) is 49.1 Å². The van der Waals surface area contributed by atoms with Gasteiger partial charge in [0.1, 0.15) is 5.54 Å². The lowest BCUT2D eigenvalue weighted by Crippen LogP contribution is -2.69. The molecule has 41 heavy (non-hydrogen) atoms. The fraction of sp³-hybridized carbons (Fsp3) is 0.643. The number of likely N-dealkylation sites (tertiary alicyclic amines) is 1. The molecule has 0 radical (unpaired) electrons. The van der Waals surface area contributed by atoms with E-state index in [1.165, 1.54) is 6.92 Å². The first kappa shape index (κ1) is 28.0. The maximum Gasteiger partial charge on any atom is 0.391 e. The fourth-order valence-corrected chi connectivity index (χ4v) is 6.33. The first-order valence-electron chi connectivity index (χ1n) is 14.2. The molecule has 0 aromatic carbocycles. The highest BCUT2D eigenvalue weighted by Gasteiger charge is 2.53. The molecule has 0 bridgehead atoms. The monoisotopic (exact) mass is 575 g/mol. The summed E-state index contributed by atoms with van der Waals surface area (Å²) in [7, 11) is 0. The van der Waals surface area contributed by atoms with Crippen LogP contribution in [0.3, 0.4) is 0 Å². The Morgan fingerprint density at radius 1 is 1.20 bits per heavy atom. The maximum atomic E-state index is 13.4. The van der Waals surface area contributed by atoms with Crippen LogP contribution in [0.25, 0.3) is 16.6 Å². The number of aromatic nitrogens is 5. The van der Waals surface area contributed by atoms with Crippen LogP contribution in [0.5, 0.6) is 0 Å². The number of hydrogen-bond donors (Lipinski definition) is 2. The van der Waals surface area contributed by atoms with E-state index in [1.54, 1.807) is 21.6 Å². The number of nitrogens with one attached hydrogen (secondary N) is 1. The van der Waals surface area contributed by atoms with Gasteiger partial charge in [-0.1, -0.05) is 0 Å². The summed E-state index contributed by atoms with van der Waals surface area (Å²) in [6, 6.07) is 1.13. The zero-order valence-corrected chi connectivity index (χ0v) is 23.5. The molecule has 0 unspecified atom stereocenters. The number of halogens is 3. The Hall–Kier alpha value is -3.19. The molecular formula is C28H36F3N7O3. The summed E-state index contributed by atoms with van der Waals surface area (Å²) < 4.78 is 47.5. The highest BCUT2D eigenvalue weighted by atomic mass is 19.4. The summed E-state index contributed by atoms with van der Waals surface area (Å²) in [6.45, 7) is 7.96. The van der Waals surface area contributed by atoms with Crippen molar-refractivity contribution in [1.82, 2.24) is 29.3 Å². The number of rotatable bonds is 7. The molecule has 3 aliphatic rings. The first-order valence-corrected chi connectivity index (χ1v) is 14.2. The third-order valence-electron chi connectivity index (χ3n) is 8.72. The molecule has 3 aromatic rings. The number of anilines is 1. The van der Waals surface area contributed by atoms with Crippen LogP contribution in [-0.4, -0.2) is 84.9 Å². The van der Waals surface area contributed by atoms with Gasteiger partial charge in [-0.3, -0.25) is 9.48 Å². The van der Waals surface area contributed by atoms with Crippen molar-refractivity contribution in [3.8, 4) is 11.1 Å². The van der Waals surface area contributed by atoms with Crippen molar-refractivity contribution in [3.05, 3.63) is 30.4 Å². The normalized spacial score (nSPS) is 23.3. The molecule has 10 nitrogen and oxygen atoms in total. The molecule has 3 fully saturated rings. The van der Waals surface area contributed by atoms with Gasteiger partial charge < -0.3 is 20.1 Å². The minimum atomic E-state index is -4.30. The molecule has 3 aromatic heterocycles. The summed E-state index contributed by atoms with van der Waals surface area (Å²) in [4.78, 5) is 19.6. The maximum absolute atomic E-state index is 13.4. The summed E-state index contributed by atoms with van der Waals surface area (Å²) in [5.41, 5.74) is 2.43. The van der Waals surface area contributed by atoms with E-state index in [-0.39, 0.29) is 29.3 Å². The lowest BCUT2D eigenvalue weighted by atomic mass is 9.77. The Balaban J connectivity index is 1.30. The average Bonchev–Trinajstić information content (AvgIpc) is 3.47. The molecule has 5 heterocycles. The van der Waals surface area contributed by atoms with E-state index in [9.17, 15) is 23.1 Å². The van der Waals surface area contributed by atoms with E-state index >= 15 is 0 Å². The number of nitrogens with zero attached hydrogens (tertiary/aromatic N) is 6. The van der Waals surface area contributed by atoms with Gasteiger partial charge in [0.25, 0.3) is 0 Å². The van der Waals surface area contributed by atoms with Gasteiger partial charge in [-0.15, -0.1) is 5.10 Å². The Kier molecular flexibility index (Phi) is 6.80. The highest BCUT2D eigenvalue weighted by molar-refractivity contribution is 5.85. The number of alkyl halides is 3. The number of hydrogen-bond acceptors (Lipinski definition) is 7. The largest absolute Gasteiger partial charge is 0.393 e. The minimum absolute atomic E-state index is 0.0000994. The van der Waals surface area contributed by atoms with Crippen molar-refractivity contribution in [2.24, 2.45) is 5.41 Å². The number of fused-ring (bicyclic) bond motifs is 1. The Labute approximate surface area is 235 Å². The number of aliphatic hydroxyl groups excluding tert-OH is 1. The zero-order valence-electron chi connectivity index (χ0n) is 23.5. The van der Waals surface area contributed by atoms with Crippen LogP contribution in [-0.2, 0) is 15.1 Å². The minimum Gasteiger partial charge on any atom is -0.393 e. The molecule has 1 atom stereocenters. The van der Waals surface area contributed by atoms with Crippen molar-refractivity contribution < 1.29 is 27.8 Å². The van der Waals surface area contributed by atoms with Crippen molar-refractivity contribution in [2.45, 2.75) is 82.7 Å². The second-order valence-corrected chi connectivity index (χ2v) is 12.6. The van der Waals surface area contributed by atoms with Crippen molar-refractivity contribution >= 4 is 17.4 Å². The molecule has 2 aliphatic heterocycles. The van der Waals surface area contributed by atoms with Gasteiger partial charge in [-0.2, -0.15) is 18.3 Å². The van der Waals surface area contributed by atoms with E-state index in [0.29, 0.717) is 44.7 Å². The second-order valence-electron chi connectivity index (χ2n) is 12.6. The van der Waals surface area contributed by atoms with Crippen LogP contribution < -0.4 is 5.32 Å². The molecule has 13 heteroatoms. The fourth-order valence-electron chi connectivity index (χ4n) is 6.33. The van der Waals surface area contributed by atoms with Crippen LogP contribution in [0.1, 0.15) is 64.5 Å². The molecule has 1 aliphatic carbocycles. The van der Waals surface area contributed by atoms with Crippen LogP contribution >= 0.6 is 0 Å². The number of ether oxygens (including phenoxy) is 1. The number of carbonyl (C=O) groups excluding carboxylic acids is 1. The van der Waals surface area contributed by atoms with E-state index in [2.05, 4.69) is 20.5 Å². The van der Waals surface area contributed by atoms with Crippen LogP contribution in [0, 0.1) is 5.41 Å². The number of amides is 1. The van der Waals surface area contributed by atoms with E-state index in [1.807, 2.05) is 31.0 Å². The van der Waals surface area contributed by atoms with Crippen LogP contribution in [0.2, 0.25) is 0 Å². The Morgan fingerprint density at radius 3 is 2.54 bits per heavy atom. The predicted octanol–water partition coefficient (Wildman–Crippen LogP) is 3.96. The van der Waals surface area contributed by atoms with Crippen molar-refractivity contribution in [3.63, 3.8) is 0 Å². The number of aliphatic hydroxyl groups is 1. The van der Waals surface area contributed by atoms with Gasteiger partial charge in [-0.25, -0.2) is 9.50 Å². The number of carbonyl (C=O) groups is 1. The van der Waals surface area contributed by atoms with E-state index < -0.39 is 24.2 Å². The second kappa shape index (κ2) is 9.97. The molecule has 1 spiro atoms. The molecule has 1 saturated carbocycles. The lowest BCUT2D eigenvalue weighted by Gasteiger charge is -2.56. The summed E-state index contributed by atoms with van der Waals surface area (Å²) in [5, 5.41) is 22.0. The van der Waals surface area contributed by atoms with Gasteiger partial charge in [0, 0.05) is 48.1 Å². The van der Waals surface area contributed by atoms with Gasteiger partial charge in [-0.05, 0) is 52.5 Å². The summed E-state index contributed by atoms with van der Waals surface area (Å²) >= 11 is 0. The highest BCUT2D eigenvalue weighted by Crippen LogP contribution is 2.40. The van der Waals surface area contributed by atoms with Gasteiger partial charge >= 0.3 is 6.18 Å². The third-order valence-corrected chi connectivity index (χ3v) is 8.72. The molecule has 222 valence electrons. The SMILES string of the molecule is C[C@@H](CC(F)(F)F)Nc1ncc2c(-c3cnn(C(C)(C)C(=O)N4CC5(COC5)C4)c3)cc(C3CCC(O)CC3)n2n1. The molecule has 6 rings (SSSR count). The van der Waals surface area contributed by atoms with Gasteiger partial charge in [0.15, 0.2) is 0 Å². The summed E-state index contributed by atoms with van der Waals surface area (Å²) in [5.74, 6) is 0.234. The molecule has 2 saturated heterocycles. The molecular weight excluding hydrogens is 539 g/mol. The predicted molar refractivity (Wildman–Crippen MR) is 144 cm³/mol. The first-order chi connectivity index (χ1) is 19.3. The Bertz CT molecular complexity index is 1430. The standard InChI is InChI=1S/C28H36F3N7O3/c1-17(9-28(29,30)31)34-25-32-11-23-21(8-22(38(23)35-25)18-4-6-20(39)7-5-18)19-10-33-37(12-19)26(2,3)24(40)36-13-27(14-36)15-41-16-27/h8,10-12,17-18,20,39H,4-7,9,13-16H2,1-3H3,(H,34,35)/t17-,18?,20?/m0/s1. The molecule has 1 amide bonds. The quantitative estimate of drug-likeness (QED) is 0.439. The van der Waals surface area contributed by atoms with Gasteiger partial charge in [0.2, 0.25) is 11.9 Å². The Morgan fingerprint density at radius 2 is 1.90 bits per heavy atom. The third kappa shape index (κ3) is 5.29. The van der Waals surface area contributed by atoms with Crippen LogP contribution in [0.4, 0.5) is 19.1 Å². The topological polar surface area (TPSA) is 110 Å². The zero-order chi connectivity index (χ0) is 29.2. The van der Waals surface area contributed by atoms with Crippen LogP contribution in [0.15, 0.2) is 24.7 Å². The molecule has 2 N–H and O–H groups in total. The van der Waals surface area contributed by atoms with Crippen molar-refractivity contribution in [1.29, 1.82) is 0 Å². The summed E-state index contributed by atoms with van der Waals surface area (Å²) in [6.07, 6.45) is 2.42. The lowest BCUT2D eigenvalue weighted by molar-refractivity contribution is -0.199. The average molecular weight is 576 g/mol. The smallest absolute Gasteiger partial charge is 0.391 e.